The van der Waals surface area contributed by atoms with E-state index in [-0.39, 0.29) is 0 Å². The number of unbranched alkanes of at least 4 members (excludes halogenated alkanes) is 5. The van der Waals surface area contributed by atoms with Crippen molar-refractivity contribution in [2.24, 2.45) is 0 Å². The quantitative estimate of drug-likeness (QED) is 0.193. The molecule has 0 fully saturated rings. The molecule has 0 unspecified atom stereocenters. The molecule has 5 nitrogen and oxygen atoms in total. The van der Waals surface area contributed by atoms with E-state index in [0.717, 1.165) is 55.7 Å². The van der Waals surface area contributed by atoms with E-state index in [1.54, 1.807) is 0 Å². The minimum absolute atomic E-state index is 0.367. The van der Waals surface area contributed by atoms with Gasteiger partial charge in [-0.2, -0.15) is 0 Å². The lowest BCUT2D eigenvalue weighted by atomic mass is 10.1. The third-order valence-corrected chi connectivity index (χ3v) is 4.92. The number of carbonyl (C=O) groups excluding carboxylic acids is 2. The Bertz CT molecular complexity index is 381. The molecule has 0 atom stereocenters. The van der Waals surface area contributed by atoms with Gasteiger partial charge in [0.05, 0.1) is 26.2 Å². The van der Waals surface area contributed by atoms with Gasteiger partial charge in [-0.05, 0) is 27.2 Å². The van der Waals surface area contributed by atoms with Crippen LogP contribution in [0.5, 0.6) is 0 Å². The number of nitrogens with zero attached hydrogens (tertiary/aromatic N) is 1. The Morgan fingerprint density at radius 1 is 0.720 bits per heavy atom. The first-order valence-electron chi connectivity index (χ1n) is 9.90. The number of carbonyl (C=O) groups is 2. The van der Waals surface area contributed by atoms with Crippen LogP contribution in [-0.2, 0) is 19.1 Å². The van der Waals surface area contributed by atoms with Crippen LogP contribution >= 0.6 is 0 Å². The summed E-state index contributed by atoms with van der Waals surface area (Å²) in [6, 6.07) is 0. The third kappa shape index (κ3) is 11.8. The zero-order valence-corrected chi connectivity index (χ0v) is 16.7. The lowest BCUT2D eigenvalue weighted by Gasteiger charge is -2.35. The highest BCUT2D eigenvalue weighted by Crippen LogP contribution is 2.06. The third-order valence-electron chi connectivity index (χ3n) is 4.92. The Morgan fingerprint density at radius 2 is 1.20 bits per heavy atom. The molecule has 0 amide bonds. The van der Waals surface area contributed by atoms with Gasteiger partial charge in [-0.15, -0.1) is 0 Å². The molecule has 5 heteroatoms. The molecular formula is C20H38NO4+. The van der Waals surface area contributed by atoms with Gasteiger partial charge in [0.2, 0.25) is 0 Å². The Morgan fingerprint density at radius 3 is 1.72 bits per heavy atom. The van der Waals surface area contributed by atoms with Crippen LogP contribution in [0.25, 0.3) is 0 Å². The monoisotopic (exact) mass is 356 g/mol. The van der Waals surface area contributed by atoms with Crippen molar-refractivity contribution < 1.29 is 23.5 Å². The summed E-state index contributed by atoms with van der Waals surface area (Å²) in [6.07, 6.45) is 9.17. The standard InChI is InChI=1S/C20H38NO4/c1-5-9-10-11-12-13-17-24-19(22)14-15-20(23)25-18-16-21(6-2,7-3)8-4/h14-15H,5-13,16-18H2,1-4H3/q+1. The molecular weight excluding hydrogens is 318 g/mol. The highest BCUT2D eigenvalue weighted by Gasteiger charge is 2.20. The van der Waals surface area contributed by atoms with Gasteiger partial charge < -0.3 is 14.0 Å². The molecule has 146 valence electrons. The van der Waals surface area contributed by atoms with Crippen molar-refractivity contribution in [3.63, 3.8) is 0 Å². The normalized spacial score (nSPS) is 11.7. The molecule has 0 bridgehead atoms. The number of rotatable bonds is 15. The first kappa shape index (κ1) is 23.6. The number of likely N-dealkylation sites (N-methyl/N-ethyl adjacent to an activating group) is 1. The molecule has 0 N–H and O–H groups in total. The zero-order chi connectivity index (χ0) is 19.0. The number of hydrogen-bond acceptors (Lipinski definition) is 4. The van der Waals surface area contributed by atoms with E-state index in [9.17, 15) is 9.59 Å². The molecule has 0 aliphatic rings. The Hall–Kier alpha value is -1.36. The van der Waals surface area contributed by atoms with Crippen molar-refractivity contribution in [1.29, 1.82) is 0 Å². The predicted octanol–water partition coefficient (Wildman–Crippen LogP) is 3.87. The first-order chi connectivity index (χ1) is 12.0. The molecule has 0 spiro atoms. The number of quaternary nitrogens is 1. The minimum Gasteiger partial charge on any atom is -0.463 e. The van der Waals surface area contributed by atoms with Crippen LogP contribution in [0.15, 0.2) is 12.2 Å². The van der Waals surface area contributed by atoms with Gasteiger partial charge in [0.1, 0.15) is 13.2 Å². The van der Waals surface area contributed by atoms with E-state index in [1.165, 1.54) is 25.7 Å². The summed E-state index contributed by atoms with van der Waals surface area (Å²) in [7, 11) is 0. The van der Waals surface area contributed by atoms with Gasteiger partial charge in [0.15, 0.2) is 0 Å². The van der Waals surface area contributed by atoms with Gasteiger partial charge in [-0.3, -0.25) is 0 Å². The highest BCUT2D eigenvalue weighted by molar-refractivity contribution is 5.91. The van der Waals surface area contributed by atoms with Crippen molar-refractivity contribution >= 4 is 11.9 Å². The second-order valence-electron chi connectivity index (χ2n) is 6.45. The van der Waals surface area contributed by atoms with E-state index in [2.05, 4.69) is 27.7 Å². The first-order valence-corrected chi connectivity index (χ1v) is 9.90. The predicted molar refractivity (Wildman–Crippen MR) is 101 cm³/mol. The Labute approximate surface area is 154 Å². The van der Waals surface area contributed by atoms with Gasteiger partial charge >= 0.3 is 11.9 Å². The maximum absolute atomic E-state index is 11.7. The lowest BCUT2D eigenvalue weighted by Crippen LogP contribution is -2.49. The van der Waals surface area contributed by atoms with E-state index in [4.69, 9.17) is 9.47 Å². The van der Waals surface area contributed by atoms with Gasteiger partial charge in [-0.1, -0.05) is 39.0 Å². The zero-order valence-electron chi connectivity index (χ0n) is 16.7. The van der Waals surface area contributed by atoms with Crippen LogP contribution in [0.4, 0.5) is 0 Å². The summed E-state index contributed by atoms with van der Waals surface area (Å²) in [6.45, 7) is 13.3. The van der Waals surface area contributed by atoms with Crippen molar-refractivity contribution in [3.8, 4) is 0 Å². The molecule has 0 heterocycles. The molecule has 0 saturated heterocycles. The van der Waals surface area contributed by atoms with Crippen LogP contribution < -0.4 is 0 Å². The van der Waals surface area contributed by atoms with E-state index >= 15 is 0 Å². The summed E-state index contributed by atoms with van der Waals surface area (Å²) >= 11 is 0. The maximum atomic E-state index is 11.7. The summed E-state index contributed by atoms with van der Waals surface area (Å²) in [5, 5.41) is 0. The van der Waals surface area contributed by atoms with Crippen LogP contribution in [0.1, 0.15) is 66.2 Å². The molecule has 25 heavy (non-hydrogen) atoms. The van der Waals surface area contributed by atoms with Crippen LogP contribution in [0.3, 0.4) is 0 Å². The topological polar surface area (TPSA) is 52.6 Å². The largest absolute Gasteiger partial charge is 0.463 e. The van der Waals surface area contributed by atoms with E-state index < -0.39 is 11.9 Å². The van der Waals surface area contributed by atoms with Crippen LogP contribution in [0, 0.1) is 0 Å². The highest BCUT2D eigenvalue weighted by atomic mass is 16.5. The maximum Gasteiger partial charge on any atom is 0.331 e. The van der Waals surface area contributed by atoms with Crippen LogP contribution in [-0.4, -0.2) is 55.8 Å². The Kier molecular flexibility index (Phi) is 14.1. The van der Waals surface area contributed by atoms with Gasteiger partial charge in [-0.25, -0.2) is 9.59 Å². The molecule has 0 saturated carbocycles. The summed E-state index contributed by atoms with van der Waals surface area (Å²) in [5.74, 6) is -0.968. The summed E-state index contributed by atoms with van der Waals surface area (Å²) in [5.41, 5.74) is 0. The SMILES string of the molecule is CCCCCCCCOC(=O)C=CC(=O)OCC[N+](CC)(CC)CC. The molecule has 0 rings (SSSR count). The summed E-state index contributed by atoms with van der Waals surface area (Å²) in [4.78, 5) is 23.2. The summed E-state index contributed by atoms with van der Waals surface area (Å²) < 4.78 is 11.2. The van der Waals surface area contributed by atoms with E-state index in [0.29, 0.717) is 13.2 Å². The number of hydrogen-bond donors (Lipinski definition) is 0. The molecule has 0 aromatic carbocycles. The van der Waals surface area contributed by atoms with Crippen molar-refractivity contribution in [2.45, 2.75) is 66.2 Å². The fourth-order valence-electron chi connectivity index (χ4n) is 2.77. The van der Waals surface area contributed by atoms with Crippen molar-refractivity contribution in [2.75, 3.05) is 39.4 Å². The van der Waals surface area contributed by atoms with Crippen molar-refractivity contribution in [3.05, 3.63) is 12.2 Å². The molecule has 0 aliphatic heterocycles. The average Bonchev–Trinajstić information content (AvgIpc) is 2.63. The fourth-order valence-corrected chi connectivity index (χ4v) is 2.77. The molecule has 0 aromatic rings. The van der Waals surface area contributed by atoms with E-state index in [1.807, 2.05) is 0 Å². The second-order valence-corrected chi connectivity index (χ2v) is 6.45. The minimum atomic E-state index is -0.488. The van der Waals surface area contributed by atoms with Crippen LogP contribution in [0.2, 0.25) is 0 Å². The number of ether oxygens (including phenoxy) is 2. The average molecular weight is 357 g/mol. The van der Waals surface area contributed by atoms with Crippen molar-refractivity contribution in [1.82, 2.24) is 0 Å². The smallest absolute Gasteiger partial charge is 0.331 e. The molecule has 0 radical (unpaired) electrons. The molecule has 0 aromatic heterocycles. The lowest BCUT2D eigenvalue weighted by molar-refractivity contribution is -0.923. The number of esters is 2. The van der Waals surface area contributed by atoms with Gasteiger partial charge in [0.25, 0.3) is 0 Å². The fraction of sp³-hybridized carbons (Fsp3) is 0.800. The Balaban J connectivity index is 3.85. The van der Waals surface area contributed by atoms with Gasteiger partial charge in [0, 0.05) is 12.2 Å². The second kappa shape index (κ2) is 14.9. The molecule has 0 aliphatic carbocycles.